The monoisotopic (exact) mass is 497 g/mol. The Morgan fingerprint density at radius 3 is 2.82 bits per heavy atom. The van der Waals surface area contributed by atoms with E-state index in [-0.39, 0.29) is 36.9 Å². The Labute approximate surface area is 181 Å². The first kappa shape index (κ1) is 20.4. The van der Waals surface area contributed by atoms with Gasteiger partial charge < -0.3 is 29.6 Å². The molecule has 4 rings (SSSR count). The predicted molar refractivity (Wildman–Crippen MR) is 117 cm³/mol. The zero-order valence-electron chi connectivity index (χ0n) is 15.6. The van der Waals surface area contributed by atoms with Gasteiger partial charge in [0.2, 0.25) is 6.79 Å². The summed E-state index contributed by atoms with van der Waals surface area (Å²) in [5.41, 5.74) is 1.25. The minimum Gasteiger partial charge on any atom is -0.492 e. The van der Waals surface area contributed by atoms with Gasteiger partial charge in [-0.15, -0.1) is 24.0 Å². The van der Waals surface area contributed by atoms with E-state index in [4.69, 9.17) is 18.9 Å². The summed E-state index contributed by atoms with van der Waals surface area (Å²) in [7, 11) is 1.75. The summed E-state index contributed by atoms with van der Waals surface area (Å²) in [4.78, 5) is 4.24. The fraction of sp³-hybridized carbons (Fsp3) is 0.350. The quantitative estimate of drug-likeness (QED) is 0.277. The molecule has 2 heterocycles. The lowest BCUT2D eigenvalue weighted by Gasteiger charge is -2.16. The standard InChI is InChI=1S/C20H23N3O4.HI/c1-21-20(23-12-16-10-14-4-2-3-5-17(14)27-16)22-8-9-24-15-6-7-18-19(11-15)26-13-25-18;/h2-7,11,16H,8-10,12-13H2,1H3,(H2,21,22,23);1H. The molecule has 2 aromatic carbocycles. The highest BCUT2D eigenvalue weighted by atomic mass is 127. The molecular formula is C20H24IN3O4. The maximum absolute atomic E-state index is 5.93. The van der Waals surface area contributed by atoms with Crippen LogP contribution in [-0.2, 0) is 6.42 Å². The van der Waals surface area contributed by atoms with E-state index in [1.54, 1.807) is 7.05 Å². The molecule has 1 unspecified atom stereocenters. The summed E-state index contributed by atoms with van der Waals surface area (Å²) in [6.45, 7) is 2.08. The number of halogens is 1. The smallest absolute Gasteiger partial charge is 0.231 e. The van der Waals surface area contributed by atoms with Crippen molar-refractivity contribution in [3.05, 3.63) is 48.0 Å². The number of benzene rings is 2. The van der Waals surface area contributed by atoms with E-state index < -0.39 is 0 Å². The molecule has 2 N–H and O–H groups in total. The maximum atomic E-state index is 5.93. The fourth-order valence-corrected chi connectivity index (χ4v) is 3.10. The molecule has 2 aliphatic rings. The van der Waals surface area contributed by atoms with E-state index in [0.717, 1.165) is 35.4 Å². The molecule has 0 aliphatic carbocycles. The van der Waals surface area contributed by atoms with Gasteiger partial charge in [-0.25, -0.2) is 0 Å². The third-order valence-electron chi connectivity index (χ3n) is 4.44. The Kier molecular flexibility index (Phi) is 7.07. The summed E-state index contributed by atoms with van der Waals surface area (Å²) in [6.07, 6.45) is 1.03. The average Bonchev–Trinajstić information content (AvgIpc) is 3.33. The molecular weight excluding hydrogens is 473 g/mol. The van der Waals surface area contributed by atoms with Crippen LogP contribution in [-0.4, -0.2) is 45.6 Å². The molecule has 0 radical (unpaired) electrons. The molecule has 7 nitrogen and oxygen atoms in total. The number of hydrogen-bond acceptors (Lipinski definition) is 5. The van der Waals surface area contributed by atoms with Crippen molar-refractivity contribution < 1.29 is 18.9 Å². The van der Waals surface area contributed by atoms with Gasteiger partial charge in [0.05, 0.1) is 13.1 Å². The molecule has 0 saturated heterocycles. The van der Waals surface area contributed by atoms with Crippen molar-refractivity contribution >= 4 is 29.9 Å². The van der Waals surface area contributed by atoms with Crippen molar-refractivity contribution in [2.24, 2.45) is 4.99 Å². The molecule has 0 saturated carbocycles. The second-order valence-corrected chi connectivity index (χ2v) is 6.30. The number of hydrogen-bond donors (Lipinski definition) is 2. The SMILES string of the molecule is CN=C(NCCOc1ccc2c(c1)OCO2)NCC1Cc2ccccc2O1.I. The normalized spacial score (nSPS) is 16.6. The van der Waals surface area contributed by atoms with Gasteiger partial charge in [-0.3, -0.25) is 4.99 Å². The number of para-hydroxylation sites is 1. The van der Waals surface area contributed by atoms with Crippen LogP contribution in [0, 0.1) is 0 Å². The first-order chi connectivity index (χ1) is 13.3. The summed E-state index contributed by atoms with van der Waals surface area (Å²) in [5.74, 6) is 3.92. The lowest BCUT2D eigenvalue weighted by atomic mass is 10.1. The molecule has 8 heteroatoms. The Hall–Kier alpha value is -2.36. The van der Waals surface area contributed by atoms with E-state index in [1.165, 1.54) is 5.56 Å². The van der Waals surface area contributed by atoms with E-state index >= 15 is 0 Å². The molecule has 1 atom stereocenters. The van der Waals surface area contributed by atoms with E-state index in [1.807, 2.05) is 36.4 Å². The van der Waals surface area contributed by atoms with Crippen molar-refractivity contribution in [3.63, 3.8) is 0 Å². The van der Waals surface area contributed by atoms with Crippen LogP contribution in [0.5, 0.6) is 23.0 Å². The summed E-state index contributed by atoms with van der Waals surface area (Å²) in [5, 5.41) is 6.54. The van der Waals surface area contributed by atoms with Crippen molar-refractivity contribution in [2.45, 2.75) is 12.5 Å². The van der Waals surface area contributed by atoms with Crippen LogP contribution in [0.2, 0.25) is 0 Å². The third-order valence-corrected chi connectivity index (χ3v) is 4.44. The number of rotatable bonds is 6. The number of guanidine groups is 1. The van der Waals surface area contributed by atoms with Crippen LogP contribution in [0.1, 0.15) is 5.56 Å². The van der Waals surface area contributed by atoms with Crippen molar-refractivity contribution in [2.75, 3.05) is 33.5 Å². The van der Waals surface area contributed by atoms with Crippen LogP contribution in [0.3, 0.4) is 0 Å². The number of nitrogens with one attached hydrogen (secondary N) is 2. The minimum absolute atomic E-state index is 0. The summed E-state index contributed by atoms with van der Waals surface area (Å²) in [6, 6.07) is 13.7. The van der Waals surface area contributed by atoms with Gasteiger partial charge in [0.25, 0.3) is 0 Å². The first-order valence-corrected chi connectivity index (χ1v) is 9.03. The van der Waals surface area contributed by atoms with Gasteiger partial charge in [-0.1, -0.05) is 18.2 Å². The highest BCUT2D eigenvalue weighted by molar-refractivity contribution is 14.0. The molecule has 150 valence electrons. The Morgan fingerprint density at radius 1 is 1.11 bits per heavy atom. The van der Waals surface area contributed by atoms with Crippen LogP contribution in [0.15, 0.2) is 47.5 Å². The predicted octanol–water partition coefficient (Wildman–Crippen LogP) is 2.58. The molecule has 28 heavy (non-hydrogen) atoms. The highest BCUT2D eigenvalue weighted by Crippen LogP contribution is 2.35. The third kappa shape index (κ3) is 4.92. The summed E-state index contributed by atoms with van der Waals surface area (Å²) < 4.78 is 22.3. The molecule has 0 bridgehead atoms. The molecule has 0 amide bonds. The number of fused-ring (bicyclic) bond motifs is 2. The van der Waals surface area contributed by atoms with Gasteiger partial charge in [-0.05, 0) is 23.8 Å². The maximum Gasteiger partial charge on any atom is 0.231 e. The Balaban J connectivity index is 0.00000225. The summed E-state index contributed by atoms with van der Waals surface area (Å²) >= 11 is 0. The second kappa shape index (κ2) is 9.72. The lowest BCUT2D eigenvalue weighted by molar-refractivity contribution is 0.173. The van der Waals surface area contributed by atoms with Crippen molar-refractivity contribution in [3.8, 4) is 23.0 Å². The first-order valence-electron chi connectivity index (χ1n) is 9.03. The van der Waals surface area contributed by atoms with E-state index in [2.05, 4.69) is 21.7 Å². The average molecular weight is 497 g/mol. The van der Waals surface area contributed by atoms with Crippen LogP contribution < -0.4 is 29.6 Å². The number of aliphatic imine (C=N–C) groups is 1. The van der Waals surface area contributed by atoms with Gasteiger partial charge in [0.15, 0.2) is 17.5 Å². The zero-order valence-corrected chi connectivity index (χ0v) is 18.0. The largest absolute Gasteiger partial charge is 0.492 e. The fourth-order valence-electron chi connectivity index (χ4n) is 3.10. The van der Waals surface area contributed by atoms with Crippen LogP contribution >= 0.6 is 24.0 Å². The van der Waals surface area contributed by atoms with Gasteiger partial charge in [-0.2, -0.15) is 0 Å². The van der Waals surface area contributed by atoms with Crippen molar-refractivity contribution in [1.82, 2.24) is 10.6 Å². The van der Waals surface area contributed by atoms with Gasteiger partial charge in [0, 0.05) is 19.5 Å². The minimum atomic E-state index is 0. The molecule has 0 fully saturated rings. The lowest BCUT2D eigenvalue weighted by Crippen LogP contribution is -2.43. The van der Waals surface area contributed by atoms with Crippen molar-refractivity contribution in [1.29, 1.82) is 0 Å². The topological polar surface area (TPSA) is 73.3 Å². The Bertz CT molecular complexity index is 806. The molecule has 2 aromatic rings. The highest BCUT2D eigenvalue weighted by Gasteiger charge is 2.22. The van der Waals surface area contributed by atoms with E-state index in [0.29, 0.717) is 19.7 Å². The zero-order chi connectivity index (χ0) is 18.5. The molecule has 2 aliphatic heterocycles. The van der Waals surface area contributed by atoms with Crippen LogP contribution in [0.25, 0.3) is 0 Å². The Morgan fingerprint density at radius 2 is 1.96 bits per heavy atom. The van der Waals surface area contributed by atoms with Gasteiger partial charge in [0.1, 0.15) is 24.2 Å². The van der Waals surface area contributed by atoms with Crippen LogP contribution in [0.4, 0.5) is 0 Å². The number of nitrogens with zero attached hydrogens (tertiary/aromatic N) is 1. The van der Waals surface area contributed by atoms with E-state index in [9.17, 15) is 0 Å². The second-order valence-electron chi connectivity index (χ2n) is 6.30. The number of ether oxygens (including phenoxy) is 4. The molecule has 0 aromatic heterocycles. The molecule has 0 spiro atoms. The van der Waals surface area contributed by atoms with Gasteiger partial charge >= 0.3 is 0 Å².